The first-order chi connectivity index (χ1) is 11.9. The average Bonchev–Trinajstić information content (AvgIpc) is 2.97. The standard InChI is InChI=1S/C18H17F2N3O2/c1-10-6-7-15-14(8-10)16(23-22-15)17(24)21-11(2)12-4-3-5-13(9-12)25-18(19)20/h3-9,11,18H,1-2H3,(H,21,24)(H,22,23). The lowest BCUT2D eigenvalue weighted by molar-refractivity contribution is -0.0499. The molecule has 0 bridgehead atoms. The van der Waals surface area contributed by atoms with Crippen LogP contribution >= 0.6 is 0 Å². The number of halogens is 2. The maximum absolute atomic E-state index is 12.5. The topological polar surface area (TPSA) is 67.0 Å². The lowest BCUT2D eigenvalue weighted by atomic mass is 10.1. The third kappa shape index (κ3) is 3.76. The van der Waals surface area contributed by atoms with Gasteiger partial charge in [-0.1, -0.05) is 23.8 Å². The number of rotatable bonds is 5. The molecule has 1 atom stereocenters. The number of H-pyrrole nitrogens is 1. The fraction of sp³-hybridized carbons (Fsp3) is 0.222. The minimum absolute atomic E-state index is 0.0504. The zero-order valence-electron chi connectivity index (χ0n) is 13.7. The van der Waals surface area contributed by atoms with Gasteiger partial charge in [0.05, 0.1) is 11.6 Å². The predicted octanol–water partition coefficient (Wildman–Crippen LogP) is 3.96. The molecule has 0 saturated heterocycles. The maximum atomic E-state index is 12.5. The van der Waals surface area contributed by atoms with Crippen LogP contribution in [-0.4, -0.2) is 22.7 Å². The predicted molar refractivity (Wildman–Crippen MR) is 89.8 cm³/mol. The number of carbonyl (C=O) groups excluding carboxylic acids is 1. The number of aromatic amines is 1. The highest BCUT2D eigenvalue weighted by molar-refractivity contribution is 6.04. The first-order valence-electron chi connectivity index (χ1n) is 7.74. The molecule has 0 saturated carbocycles. The van der Waals surface area contributed by atoms with Crippen molar-refractivity contribution >= 4 is 16.8 Å². The van der Waals surface area contributed by atoms with E-state index in [9.17, 15) is 13.6 Å². The molecule has 3 rings (SSSR count). The van der Waals surface area contributed by atoms with E-state index < -0.39 is 12.7 Å². The fourth-order valence-electron chi connectivity index (χ4n) is 2.61. The Labute approximate surface area is 143 Å². The monoisotopic (exact) mass is 345 g/mol. The molecule has 0 fully saturated rings. The van der Waals surface area contributed by atoms with Crippen LogP contribution in [0.3, 0.4) is 0 Å². The van der Waals surface area contributed by atoms with E-state index >= 15 is 0 Å². The third-order valence-electron chi connectivity index (χ3n) is 3.86. The number of aryl methyl sites for hydroxylation is 1. The number of amides is 1. The van der Waals surface area contributed by atoms with Gasteiger partial charge in [0.2, 0.25) is 0 Å². The summed E-state index contributed by atoms with van der Waals surface area (Å²) in [6.45, 7) is 0.809. The van der Waals surface area contributed by atoms with E-state index in [0.717, 1.165) is 16.5 Å². The number of aromatic nitrogens is 2. The van der Waals surface area contributed by atoms with Gasteiger partial charge in [0.25, 0.3) is 5.91 Å². The molecule has 2 aromatic carbocycles. The minimum atomic E-state index is -2.89. The van der Waals surface area contributed by atoms with Gasteiger partial charge in [-0.3, -0.25) is 9.89 Å². The van der Waals surface area contributed by atoms with Gasteiger partial charge >= 0.3 is 6.61 Å². The molecule has 0 aliphatic heterocycles. The Bertz CT molecular complexity index is 908. The van der Waals surface area contributed by atoms with Crippen LogP contribution in [-0.2, 0) is 0 Å². The molecule has 3 aromatic rings. The molecule has 0 aliphatic carbocycles. The van der Waals surface area contributed by atoms with Crippen LogP contribution in [0.1, 0.15) is 34.6 Å². The highest BCUT2D eigenvalue weighted by Crippen LogP contribution is 2.22. The van der Waals surface area contributed by atoms with Crippen molar-refractivity contribution in [2.45, 2.75) is 26.5 Å². The van der Waals surface area contributed by atoms with Crippen molar-refractivity contribution in [3.8, 4) is 5.75 Å². The SMILES string of the molecule is Cc1ccc2[nH]nc(C(=O)NC(C)c3cccc(OC(F)F)c3)c2c1. The molecular formula is C18H17F2N3O2. The number of hydrogen-bond acceptors (Lipinski definition) is 3. The van der Waals surface area contributed by atoms with Crippen LogP contribution in [0.25, 0.3) is 10.9 Å². The third-order valence-corrected chi connectivity index (χ3v) is 3.86. The van der Waals surface area contributed by atoms with E-state index in [4.69, 9.17) is 0 Å². The van der Waals surface area contributed by atoms with Gasteiger partial charge in [0.15, 0.2) is 5.69 Å². The zero-order chi connectivity index (χ0) is 18.0. The largest absolute Gasteiger partial charge is 0.435 e. The summed E-state index contributed by atoms with van der Waals surface area (Å²) in [6.07, 6.45) is 0. The Morgan fingerprint density at radius 2 is 2.04 bits per heavy atom. The molecular weight excluding hydrogens is 328 g/mol. The summed E-state index contributed by atoms with van der Waals surface area (Å²) in [5.41, 5.74) is 2.75. The van der Waals surface area contributed by atoms with Crippen molar-refractivity contribution in [3.05, 3.63) is 59.3 Å². The van der Waals surface area contributed by atoms with Gasteiger partial charge in [0, 0.05) is 5.39 Å². The summed E-state index contributed by atoms with van der Waals surface area (Å²) in [5.74, 6) is -0.293. The van der Waals surface area contributed by atoms with Crippen molar-refractivity contribution in [3.63, 3.8) is 0 Å². The highest BCUT2D eigenvalue weighted by Gasteiger charge is 2.17. The zero-order valence-corrected chi connectivity index (χ0v) is 13.7. The van der Waals surface area contributed by atoms with Crippen molar-refractivity contribution < 1.29 is 18.3 Å². The average molecular weight is 345 g/mol. The molecule has 1 aromatic heterocycles. The molecule has 1 unspecified atom stereocenters. The normalized spacial score (nSPS) is 12.4. The van der Waals surface area contributed by atoms with Gasteiger partial charge in [-0.25, -0.2) is 0 Å². The Kier molecular flexibility index (Phi) is 4.65. The first kappa shape index (κ1) is 16.9. The Morgan fingerprint density at radius 1 is 1.24 bits per heavy atom. The molecule has 1 heterocycles. The van der Waals surface area contributed by atoms with Gasteiger partial charge in [0.1, 0.15) is 5.75 Å². The molecule has 25 heavy (non-hydrogen) atoms. The van der Waals surface area contributed by atoms with Crippen LogP contribution in [0.5, 0.6) is 5.75 Å². The van der Waals surface area contributed by atoms with Gasteiger partial charge in [-0.2, -0.15) is 13.9 Å². The van der Waals surface area contributed by atoms with E-state index in [2.05, 4.69) is 20.3 Å². The van der Waals surface area contributed by atoms with Crippen molar-refractivity contribution in [2.75, 3.05) is 0 Å². The number of carbonyl (C=O) groups is 1. The van der Waals surface area contributed by atoms with E-state index in [1.54, 1.807) is 19.1 Å². The number of nitrogens with one attached hydrogen (secondary N) is 2. The molecule has 5 nitrogen and oxygen atoms in total. The second kappa shape index (κ2) is 6.88. The van der Waals surface area contributed by atoms with E-state index in [1.807, 2.05) is 25.1 Å². The van der Waals surface area contributed by atoms with Crippen molar-refractivity contribution in [1.82, 2.24) is 15.5 Å². The number of hydrogen-bond donors (Lipinski definition) is 2. The maximum Gasteiger partial charge on any atom is 0.387 e. The van der Waals surface area contributed by atoms with Gasteiger partial charge < -0.3 is 10.1 Å². The van der Waals surface area contributed by atoms with E-state index in [1.165, 1.54) is 12.1 Å². The number of ether oxygens (including phenoxy) is 1. The second-order valence-electron chi connectivity index (χ2n) is 5.77. The molecule has 2 N–H and O–H groups in total. The first-order valence-corrected chi connectivity index (χ1v) is 7.74. The van der Waals surface area contributed by atoms with Crippen LogP contribution < -0.4 is 10.1 Å². The summed E-state index contributed by atoms with van der Waals surface area (Å²) < 4.78 is 29.0. The number of fused-ring (bicyclic) bond motifs is 1. The quantitative estimate of drug-likeness (QED) is 0.735. The van der Waals surface area contributed by atoms with Crippen molar-refractivity contribution in [2.24, 2.45) is 0 Å². The molecule has 130 valence electrons. The van der Waals surface area contributed by atoms with E-state index in [0.29, 0.717) is 11.3 Å². The smallest absolute Gasteiger partial charge is 0.387 e. The van der Waals surface area contributed by atoms with E-state index in [-0.39, 0.29) is 11.7 Å². The minimum Gasteiger partial charge on any atom is -0.435 e. The fourth-order valence-corrected chi connectivity index (χ4v) is 2.61. The number of benzene rings is 2. The van der Waals surface area contributed by atoms with Crippen LogP contribution in [0.4, 0.5) is 8.78 Å². The summed E-state index contributed by atoms with van der Waals surface area (Å²) in [6, 6.07) is 11.5. The van der Waals surface area contributed by atoms with Crippen LogP contribution in [0.15, 0.2) is 42.5 Å². The van der Waals surface area contributed by atoms with Crippen LogP contribution in [0, 0.1) is 6.92 Å². The highest BCUT2D eigenvalue weighted by atomic mass is 19.3. The van der Waals surface area contributed by atoms with Gasteiger partial charge in [-0.05, 0) is 43.7 Å². The van der Waals surface area contributed by atoms with Gasteiger partial charge in [-0.15, -0.1) is 0 Å². The molecule has 7 heteroatoms. The Morgan fingerprint density at radius 3 is 2.80 bits per heavy atom. The molecule has 1 amide bonds. The molecule has 0 radical (unpaired) electrons. The summed E-state index contributed by atoms with van der Waals surface area (Å²) in [4.78, 5) is 12.5. The second-order valence-corrected chi connectivity index (χ2v) is 5.77. The lowest BCUT2D eigenvalue weighted by Crippen LogP contribution is -2.27. The summed E-state index contributed by atoms with van der Waals surface area (Å²) in [5, 5.41) is 10.5. The van der Waals surface area contributed by atoms with Crippen molar-refractivity contribution in [1.29, 1.82) is 0 Å². The molecule has 0 aliphatic rings. The summed E-state index contributed by atoms with van der Waals surface area (Å²) >= 11 is 0. The Hall–Kier alpha value is -2.96. The van der Waals surface area contributed by atoms with Crippen LogP contribution in [0.2, 0.25) is 0 Å². The molecule has 0 spiro atoms. The lowest BCUT2D eigenvalue weighted by Gasteiger charge is -2.15. The summed E-state index contributed by atoms with van der Waals surface area (Å²) in [7, 11) is 0. The Balaban J connectivity index is 1.79. The number of alkyl halides is 2. The number of nitrogens with zero attached hydrogens (tertiary/aromatic N) is 1.